The SMILES string of the molecule is CC(=O)N1C=Cc2ccccc2[C@H]1CC(=O)Nc1ccc(S(=O)(=O)NCc2ccco2)cc1. The molecule has 2 N–H and O–H groups in total. The third-order valence-corrected chi connectivity index (χ3v) is 6.73. The molecule has 0 saturated heterocycles. The maximum Gasteiger partial charge on any atom is 0.240 e. The molecule has 170 valence electrons. The Balaban J connectivity index is 1.42. The van der Waals surface area contributed by atoms with Gasteiger partial charge >= 0.3 is 0 Å². The third-order valence-electron chi connectivity index (χ3n) is 5.31. The zero-order valence-corrected chi connectivity index (χ0v) is 18.7. The summed E-state index contributed by atoms with van der Waals surface area (Å²) >= 11 is 0. The Kier molecular flexibility index (Phi) is 6.43. The van der Waals surface area contributed by atoms with Crippen molar-refractivity contribution in [3.05, 3.63) is 90.0 Å². The molecular formula is C24H23N3O5S. The van der Waals surface area contributed by atoms with Crippen molar-refractivity contribution in [1.29, 1.82) is 0 Å². The molecule has 2 heterocycles. The van der Waals surface area contributed by atoms with E-state index in [0.717, 1.165) is 11.1 Å². The number of nitrogens with one attached hydrogen (secondary N) is 2. The van der Waals surface area contributed by atoms with Gasteiger partial charge < -0.3 is 14.6 Å². The predicted octanol–water partition coefficient (Wildman–Crippen LogP) is 3.66. The van der Waals surface area contributed by atoms with E-state index in [1.54, 1.807) is 23.2 Å². The number of hydrogen-bond donors (Lipinski definition) is 2. The zero-order valence-electron chi connectivity index (χ0n) is 17.9. The van der Waals surface area contributed by atoms with Crippen LogP contribution in [0, 0.1) is 0 Å². The quantitative estimate of drug-likeness (QED) is 0.554. The molecule has 0 spiro atoms. The second kappa shape index (κ2) is 9.43. The molecule has 0 unspecified atom stereocenters. The molecule has 1 aromatic heterocycles. The van der Waals surface area contributed by atoms with Crippen LogP contribution in [0.5, 0.6) is 0 Å². The standard InChI is InChI=1S/C24H23N3O5S/c1-17(28)27-13-12-18-5-2-3-7-22(18)23(27)15-24(29)26-19-8-10-21(11-9-19)33(30,31)25-16-20-6-4-14-32-20/h2-14,23,25H,15-16H2,1H3,(H,26,29)/t23-/m1/s1. The van der Waals surface area contributed by atoms with Gasteiger partial charge in [-0.2, -0.15) is 0 Å². The van der Waals surface area contributed by atoms with E-state index in [2.05, 4.69) is 10.0 Å². The number of furan rings is 1. The van der Waals surface area contributed by atoms with Crippen LogP contribution in [0.1, 0.15) is 36.3 Å². The van der Waals surface area contributed by atoms with Gasteiger partial charge in [0.25, 0.3) is 0 Å². The molecule has 0 fully saturated rings. The number of hydrogen-bond acceptors (Lipinski definition) is 5. The summed E-state index contributed by atoms with van der Waals surface area (Å²) in [6, 6.07) is 16.4. The summed E-state index contributed by atoms with van der Waals surface area (Å²) in [4.78, 5) is 26.5. The Morgan fingerprint density at radius 1 is 1.03 bits per heavy atom. The maximum absolute atomic E-state index is 12.8. The average Bonchev–Trinajstić information content (AvgIpc) is 3.32. The van der Waals surface area contributed by atoms with E-state index in [1.807, 2.05) is 30.3 Å². The van der Waals surface area contributed by atoms with Crippen molar-refractivity contribution in [2.75, 3.05) is 5.32 Å². The number of sulfonamides is 1. The summed E-state index contributed by atoms with van der Waals surface area (Å²) in [7, 11) is -3.73. The normalized spacial score (nSPS) is 15.2. The lowest BCUT2D eigenvalue weighted by atomic mass is 9.93. The summed E-state index contributed by atoms with van der Waals surface area (Å²) in [6.45, 7) is 1.50. The second-order valence-corrected chi connectivity index (χ2v) is 9.33. The minimum atomic E-state index is -3.73. The third kappa shape index (κ3) is 5.21. The molecule has 4 rings (SSSR count). The fourth-order valence-corrected chi connectivity index (χ4v) is 4.67. The van der Waals surface area contributed by atoms with Crippen molar-refractivity contribution in [2.24, 2.45) is 0 Å². The highest BCUT2D eigenvalue weighted by atomic mass is 32.2. The van der Waals surface area contributed by atoms with Crippen molar-refractivity contribution in [2.45, 2.75) is 30.8 Å². The molecule has 33 heavy (non-hydrogen) atoms. The van der Waals surface area contributed by atoms with Crippen LogP contribution in [-0.2, 0) is 26.2 Å². The van der Waals surface area contributed by atoms with Crippen molar-refractivity contribution in [1.82, 2.24) is 9.62 Å². The van der Waals surface area contributed by atoms with Crippen LogP contribution in [0.25, 0.3) is 6.08 Å². The Morgan fingerprint density at radius 3 is 2.48 bits per heavy atom. The second-order valence-electron chi connectivity index (χ2n) is 7.57. The molecule has 0 aliphatic carbocycles. The molecule has 0 radical (unpaired) electrons. The van der Waals surface area contributed by atoms with Gasteiger partial charge in [0.05, 0.1) is 30.2 Å². The summed E-state index contributed by atoms with van der Waals surface area (Å²) < 4.78 is 32.5. The lowest BCUT2D eigenvalue weighted by molar-refractivity contribution is -0.129. The highest BCUT2D eigenvalue weighted by Gasteiger charge is 2.28. The van der Waals surface area contributed by atoms with Gasteiger partial charge in [-0.25, -0.2) is 13.1 Å². The van der Waals surface area contributed by atoms with Gasteiger partial charge in [0.15, 0.2) is 0 Å². The minimum absolute atomic E-state index is 0.0395. The first-order valence-corrected chi connectivity index (χ1v) is 11.8. The number of anilines is 1. The van der Waals surface area contributed by atoms with E-state index in [9.17, 15) is 18.0 Å². The number of nitrogens with zero attached hydrogens (tertiary/aromatic N) is 1. The summed E-state index contributed by atoms with van der Waals surface area (Å²) in [5.41, 5.74) is 2.32. The van der Waals surface area contributed by atoms with Crippen LogP contribution in [0.2, 0.25) is 0 Å². The Bertz CT molecular complexity index is 1280. The Labute approximate surface area is 192 Å². The van der Waals surface area contributed by atoms with Gasteiger partial charge in [0, 0.05) is 18.8 Å². The van der Waals surface area contributed by atoms with Crippen LogP contribution in [-0.4, -0.2) is 25.1 Å². The maximum atomic E-state index is 12.8. The largest absolute Gasteiger partial charge is 0.468 e. The van der Waals surface area contributed by atoms with Crippen LogP contribution < -0.4 is 10.0 Å². The first-order valence-electron chi connectivity index (χ1n) is 10.3. The van der Waals surface area contributed by atoms with Gasteiger partial charge in [0.1, 0.15) is 5.76 Å². The molecule has 1 aliphatic rings. The highest BCUT2D eigenvalue weighted by molar-refractivity contribution is 7.89. The summed E-state index contributed by atoms with van der Waals surface area (Å²) in [5, 5.41) is 2.78. The first-order chi connectivity index (χ1) is 15.8. The van der Waals surface area contributed by atoms with E-state index >= 15 is 0 Å². The van der Waals surface area contributed by atoms with E-state index in [0.29, 0.717) is 11.4 Å². The fraction of sp³-hybridized carbons (Fsp3) is 0.167. The van der Waals surface area contributed by atoms with E-state index in [1.165, 1.54) is 37.5 Å². The van der Waals surface area contributed by atoms with Gasteiger partial charge in [-0.3, -0.25) is 9.59 Å². The smallest absolute Gasteiger partial charge is 0.240 e. The molecule has 1 atom stereocenters. The van der Waals surface area contributed by atoms with Crippen LogP contribution in [0.4, 0.5) is 5.69 Å². The van der Waals surface area contributed by atoms with Gasteiger partial charge in [-0.15, -0.1) is 0 Å². The average molecular weight is 466 g/mol. The minimum Gasteiger partial charge on any atom is -0.468 e. The number of fused-ring (bicyclic) bond motifs is 1. The van der Waals surface area contributed by atoms with Crippen LogP contribution in [0.15, 0.2) is 82.4 Å². The Morgan fingerprint density at radius 2 is 1.79 bits per heavy atom. The topological polar surface area (TPSA) is 109 Å². The summed E-state index contributed by atoms with van der Waals surface area (Å²) in [5.74, 6) is 0.0549. The van der Waals surface area contributed by atoms with E-state index in [4.69, 9.17) is 4.42 Å². The fourth-order valence-electron chi connectivity index (χ4n) is 3.68. The first kappa shape index (κ1) is 22.5. The molecule has 9 heteroatoms. The van der Waals surface area contributed by atoms with Crippen molar-refractivity contribution in [3.8, 4) is 0 Å². The molecule has 2 aromatic carbocycles. The highest BCUT2D eigenvalue weighted by Crippen LogP contribution is 2.33. The monoisotopic (exact) mass is 465 g/mol. The van der Waals surface area contributed by atoms with E-state index < -0.39 is 16.1 Å². The predicted molar refractivity (Wildman–Crippen MR) is 123 cm³/mol. The lowest BCUT2D eigenvalue weighted by Crippen LogP contribution is -2.33. The molecule has 0 bridgehead atoms. The van der Waals surface area contributed by atoms with Crippen molar-refractivity contribution in [3.63, 3.8) is 0 Å². The molecule has 0 saturated carbocycles. The molecule has 8 nitrogen and oxygen atoms in total. The number of amides is 2. The van der Waals surface area contributed by atoms with E-state index in [-0.39, 0.29) is 29.7 Å². The van der Waals surface area contributed by atoms with Gasteiger partial charge in [-0.1, -0.05) is 24.3 Å². The molecule has 3 aromatic rings. The molecular weight excluding hydrogens is 442 g/mol. The molecule has 1 aliphatic heterocycles. The Hall–Kier alpha value is -3.69. The van der Waals surface area contributed by atoms with Gasteiger partial charge in [-0.05, 0) is 53.6 Å². The van der Waals surface area contributed by atoms with Crippen LogP contribution >= 0.6 is 0 Å². The number of carbonyl (C=O) groups excluding carboxylic acids is 2. The lowest BCUT2D eigenvalue weighted by Gasteiger charge is -2.32. The number of benzene rings is 2. The van der Waals surface area contributed by atoms with Crippen molar-refractivity contribution < 1.29 is 22.4 Å². The summed E-state index contributed by atoms with van der Waals surface area (Å²) in [6.07, 6.45) is 5.08. The van der Waals surface area contributed by atoms with Gasteiger partial charge in [0.2, 0.25) is 21.8 Å². The zero-order chi connectivity index (χ0) is 23.4. The van der Waals surface area contributed by atoms with Crippen LogP contribution in [0.3, 0.4) is 0 Å². The van der Waals surface area contributed by atoms with Crippen molar-refractivity contribution >= 4 is 33.6 Å². The number of carbonyl (C=O) groups is 2. The number of rotatable bonds is 7. The molecule has 2 amide bonds.